The molecule has 1 fully saturated rings. The molecule has 2 aromatic carbocycles. The van der Waals surface area contributed by atoms with Crippen LogP contribution in [0.2, 0.25) is 0 Å². The second kappa shape index (κ2) is 7.93. The molecule has 0 aromatic heterocycles. The summed E-state index contributed by atoms with van der Waals surface area (Å²) in [4.78, 5) is 26.8. The minimum Gasteiger partial charge on any atom is -0.457 e. The van der Waals surface area contributed by atoms with Gasteiger partial charge in [0.05, 0.1) is 5.92 Å². The summed E-state index contributed by atoms with van der Waals surface area (Å²) >= 11 is 3.43. The lowest BCUT2D eigenvalue weighted by atomic mass is 9.89. The molecule has 0 N–H and O–H groups in total. The van der Waals surface area contributed by atoms with Crippen molar-refractivity contribution in [2.24, 2.45) is 5.92 Å². The molecular weight excluding hydrogens is 382 g/mol. The zero-order valence-corrected chi connectivity index (χ0v) is 15.6. The summed E-state index contributed by atoms with van der Waals surface area (Å²) in [7, 11) is 1.99. The van der Waals surface area contributed by atoms with Gasteiger partial charge in [0.25, 0.3) is 0 Å². The number of rotatable bonds is 5. The highest BCUT2D eigenvalue weighted by molar-refractivity contribution is 9.10. The van der Waals surface area contributed by atoms with E-state index < -0.39 is 0 Å². The molecule has 1 saturated heterocycles. The first-order chi connectivity index (χ1) is 12.0. The van der Waals surface area contributed by atoms with Gasteiger partial charge in [-0.1, -0.05) is 58.4 Å². The third-order valence-electron chi connectivity index (χ3n) is 4.54. The maximum Gasteiger partial charge on any atom is 0.311 e. The number of carbonyl (C=O) groups excluding carboxylic acids is 2. The summed E-state index contributed by atoms with van der Waals surface area (Å²) in [5, 5.41) is 0. The van der Waals surface area contributed by atoms with Crippen LogP contribution in [0.5, 0.6) is 0 Å². The van der Waals surface area contributed by atoms with Gasteiger partial charge >= 0.3 is 5.97 Å². The molecule has 5 heteroatoms. The molecule has 2 aromatic rings. The number of hydrogen-bond acceptors (Lipinski definition) is 4. The van der Waals surface area contributed by atoms with Gasteiger partial charge in [-0.2, -0.15) is 0 Å². The first-order valence-electron chi connectivity index (χ1n) is 8.23. The fraction of sp³-hybridized carbons (Fsp3) is 0.300. The molecular formula is C20H20BrNO3. The van der Waals surface area contributed by atoms with Gasteiger partial charge in [0.2, 0.25) is 0 Å². The van der Waals surface area contributed by atoms with Crippen LogP contribution in [0.3, 0.4) is 0 Å². The Morgan fingerprint density at radius 1 is 1.08 bits per heavy atom. The van der Waals surface area contributed by atoms with Gasteiger partial charge in [-0.25, -0.2) is 0 Å². The van der Waals surface area contributed by atoms with Crippen molar-refractivity contribution in [1.82, 2.24) is 4.90 Å². The predicted octanol–water partition coefficient (Wildman–Crippen LogP) is 3.52. The quantitative estimate of drug-likeness (QED) is 0.567. The Kier molecular flexibility index (Phi) is 5.66. The van der Waals surface area contributed by atoms with Gasteiger partial charge in [-0.15, -0.1) is 0 Å². The second-order valence-electron chi connectivity index (χ2n) is 6.38. The second-order valence-corrected chi connectivity index (χ2v) is 7.30. The van der Waals surface area contributed by atoms with Crippen molar-refractivity contribution in [3.63, 3.8) is 0 Å². The molecule has 0 spiro atoms. The summed E-state index contributed by atoms with van der Waals surface area (Å²) < 4.78 is 6.35. The van der Waals surface area contributed by atoms with E-state index in [0.717, 1.165) is 16.6 Å². The molecule has 0 radical (unpaired) electrons. The van der Waals surface area contributed by atoms with Crippen LogP contribution in [-0.2, 0) is 9.53 Å². The number of carbonyl (C=O) groups is 2. The van der Waals surface area contributed by atoms with Crippen LogP contribution in [0, 0.1) is 5.92 Å². The van der Waals surface area contributed by atoms with Gasteiger partial charge < -0.3 is 9.64 Å². The lowest BCUT2D eigenvalue weighted by Gasteiger charge is -2.17. The van der Waals surface area contributed by atoms with Crippen molar-refractivity contribution in [2.45, 2.75) is 5.92 Å². The Balaban J connectivity index is 1.65. The third kappa shape index (κ3) is 4.35. The molecule has 1 heterocycles. The van der Waals surface area contributed by atoms with E-state index >= 15 is 0 Å². The Bertz CT molecular complexity index is 745. The van der Waals surface area contributed by atoms with Crippen LogP contribution >= 0.6 is 15.9 Å². The van der Waals surface area contributed by atoms with Gasteiger partial charge in [-0.05, 0) is 24.7 Å². The maximum absolute atomic E-state index is 12.6. The number of benzene rings is 2. The Morgan fingerprint density at radius 2 is 1.76 bits per heavy atom. The van der Waals surface area contributed by atoms with Crippen LogP contribution in [-0.4, -0.2) is 43.4 Å². The number of ether oxygens (including phenoxy) is 1. The predicted molar refractivity (Wildman–Crippen MR) is 99.6 cm³/mol. The van der Waals surface area contributed by atoms with E-state index in [-0.39, 0.29) is 30.2 Å². The molecule has 1 aliphatic rings. The molecule has 1 aliphatic heterocycles. The molecule has 2 unspecified atom stereocenters. The summed E-state index contributed by atoms with van der Waals surface area (Å²) in [5.74, 6) is -0.658. The smallest absolute Gasteiger partial charge is 0.311 e. The number of esters is 1. The van der Waals surface area contributed by atoms with E-state index in [4.69, 9.17) is 4.74 Å². The highest BCUT2D eigenvalue weighted by Crippen LogP contribution is 2.33. The van der Waals surface area contributed by atoms with E-state index in [2.05, 4.69) is 20.8 Å². The van der Waals surface area contributed by atoms with Gasteiger partial charge in [0, 0.05) is 29.0 Å². The van der Waals surface area contributed by atoms with Gasteiger partial charge in [0.1, 0.15) is 0 Å². The third-order valence-corrected chi connectivity index (χ3v) is 5.07. The fourth-order valence-corrected chi connectivity index (χ4v) is 3.50. The minimum absolute atomic E-state index is 0.0810. The summed E-state index contributed by atoms with van der Waals surface area (Å²) in [6, 6.07) is 16.9. The maximum atomic E-state index is 12.6. The van der Waals surface area contributed by atoms with Crippen LogP contribution in [0.15, 0.2) is 59.1 Å². The highest BCUT2D eigenvalue weighted by Gasteiger charge is 2.38. The van der Waals surface area contributed by atoms with Crippen molar-refractivity contribution in [1.29, 1.82) is 0 Å². The summed E-state index contributed by atoms with van der Waals surface area (Å²) in [5.41, 5.74) is 1.67. The van der Waals surface area contributed by atoms with Crippen LogP contribution < -0.4 is 0 Å². The van der Waals surface area contributed by atoms with Gasteiger partial charge in [0.15, 0.2) is 12.4 Å². The van der Waals surface area contributed by atoms with Crippen LogP contribution in [0.1, 0.15) is 21.8 Å². The zero-order chi connectivity index (χ0) is 17.8. The zero-order valence-electron chi connectivity index (χ0n) is 14.0. The molecule has 3 rings (SSSR count). The van der Waals surface area contributed by atoms with E-state index in [1.165, 1.54) is 0 Å². The lowest BCUT2D eigenvalue weighted by Crippen LogP contribution is -2.26. The number of likely N-dealkylation sites (N-methyl/N-ethyl adjacent to an activating group) is 1. The molecule has 25 heavy (non-hydrogen) atoms. The molecule has 0 saturated carbocycles. The molecule has 4 nitrogen and oxygen atoms in total. The molecule has 130 valence electrons. The summed E-state index contributed by atoms with van der Waals surface area (Å²) in [6.07, 6.45) is 0. The number of likely N-dealkylation sites (tertiary alicyclic amines) is 1. The largest absolute Gasteiger partial charge is 0.457 e. The van der Waals surface area contributed by atoms with Crippen molar-refractivity contribution >= 4 is 27.7 Å². The van der Waals surface area contributed by atoms with Crippen LogP contribution in [0.25, 0.3) is 0 Å². The topological polar surface area (TPSA) is 46.6 Å². The number of Topliss-reactive ketones (excluding diaryl/α,β-unsaturated/α-hetero) is 1. The summed E-state index contributed by atoms with van der Waals surface area (Å²) in [6.45, 7) is 1.23. The van der Waals surface area contributed by atoms with E-state index in [0.29, 0.717) is 12.1 Å². The van der Waals surface area contributed by atoms with Crippen molar-refractivity contribution in [3.05, 3.63) is 70.2 Å². The fourth-order valence-electron chi connectivity index (χ4n) is 3.24. The first-order valence-corrected chi connectivity index (χ1v) is 9.03. The average Bonchev–Trinajstić information content (AvgIpc) is 3.02. The standard InChI is InChI=1S/C20H20BrNO3/c1-22-11-17(14-7-9-16(21)10-8-14)18(12-22)20(24)25-13-19(23)15-5-3-2-4-6-15/h2-10,17-18H,11-13H2,1H3. The number of nitrogens with zero attached hydrogens (tertiary/aromatic N) is 1. The molecule has 0 bridgehead atoms. The highest BCUT2D eigenvalue weighted by atomic mass is 79.9. The Hall–Kier alpha value is -1.98. The number of ketones is 1. The van der Waals surface area contributed by atoms with Crippen molar-refractivity contribution in [3.8, 4) is 0 Å². The average molecular weight is 402 g/mol. The van der Waals surface area contributed by atoms with Crippen molar-refractivity contribution in [2.75, 3.05) is 26.7 Å². The Morgan fingerprint density at radius 3 is 2.44 bits per heavy atom. The van der Waals surface area contributed by atoms with E-state index in [1.807, 2.05) is 37.4 Å². The SMILES string of the molecule is CN1CC(C(=O)OCC(=O)c2ccccc2)C(c2ccc(Br)cc2)C1. The first kappa shape index (κ1) is 17.8. The monoisotopic (exact) mass is 401 g/mol. The Labute approximate surface area is 155 Å². The normalized spacial score (nSPS) is 20.4. The molecule has 0 amide bonds. The van der Waals surface area contributed by atoms with Crippen LogP contribution in [0.4, 0.5) is 0 Å². The lowest BCUT2D eigenvalue weighted by molar-refractivity contribution is -0.147. The number of halogens is 1. The number of hydrogen-bond donors (Lipinski definition) is 0. The molecule has 2 atom stereocenters. The van der Waals surface area contributed by atoms with E-state index in [9.17, 15) is 9.59 Å². The van der Waals surface area contributed by atoms with E-state index in [1.54, 1.807) is 24.3 Å². The minimum atomic E-state index is -0.304. The van der Waals surface area contributed by atoms with Gasteiger partial charge in [-0.3, -0.25) is 9.59 Å². The molecule has 0 aliphatic carbocycles. The van der Waals surface area contributed by atoms with Crippen molar-refractivity contribution < 1.29 is 14.3 Å².